The number of hydrogen-bond donors (Lipinski definition) is 9. The minimum absolute atomic E-state index is 0. The van der Waals surface area contributed by atoms with E-state index < -0.39 is 30.0 Å². The maximum Gasteiger partial charge on any atom is 1.00 e. The van der Waals surface area contributed by atoms with E-state index in [1.807, 2.05) is 0 Å². The van der Waals surface area contributed by atoms with Crippen LogP contribution in [-0.2, 0) is 20.2 Å². The fourth-order valence-electron chi connectivity index (χ4n) is 4.82. The summed E-state index contributed by atoms with van der Waals surface area (Å²) in [6, 6.07) is 7.38. The number of anilines is 8. The first-order chi connectivity index (χ1) is 26.7. The van der Waals surface area contributed by atoms with Gasteiger partial charge in [0.15, 0.2) is 0 Å². The average molecular weight is 884 g/mol. The second-order valence-electron chi connectivity index (χ2n) is 10.9. The molecule has 10 N–H and O–H groups in total. The van der Waals surface area contributed by atoms with Gasteiger partial charge in [0, 0.05) is 51.6 Å². The van der Waals surface area contributed by atoms with Crippen molar-refractivity contribution in [3.05, 3.63) is 47.5 Å². The van der Waals surface area contributed by atoms with Gasteiger partial charge in [-0.05, 0) is 42.4 Å². The third-order valence-electron chi connectivity index (χ3n) is 7.26. The Labute approximate surface area is 400 Å². The maximum absolute atomic E-state index is 12.4. The molecule has 0 aliphatic carbocycles. The summed E-state index contributed by atoms with van der Waals surface area (Å²) in [5, 5.41) is 48.7. The van der Waals surface area contributed by atoms with Gasteiger partial charge in [-0.1, -0.05) is 24.3 Å². The van der Waals surface area contributed by atoms with E-state index in [4.69, 9.17) is 0 Å². The Kier molecular flexibility index (Phi) is 23.7. The molecule has 306 valence electrons. The van der Waals surface area contributed by atoms with Gasteiger partial charge in [-0.3, -0.25) is 0 Å². The molecule has 0 bridgehead atoms. The monoisotopic (exact) mass is 883 g/mol. The van der Waals surface area contributed by atoms with Crippen LogP contribution in [0.4, 0.5) is 47.1 Å². The topological polar surface area (TPSA) is 353 Å². The smallest absolute Gasteiger partial charge is 0.744 e. The van der Waals surface area contributed by atoms with E-state index in [1.54, 1.807) is 14.1 Å². The average Bonchev–Trinajstić information content (AvgIpc) is 3.17. The molecule has 0 fully saturated rings. The number of aliphatic hydroxyl groups excluding tert-OH is 4. The molecule has 0 aliphatic heterocycles. The quantitative estimate of drug-likeness (QED) is 0.0226. The van der Waals surface area contributed by atoms with Crippen molar-refractivity contribution in [1.29, 1.82) is 0 Å². The van der Waals surface area contributed by atoms with Gasteiger partial charge in [0.2, 0.25) is 35.7 Å². The SMILES string of the molecule is CN.CNc1nc(Nc2ccc(/C=C/c3ccc(Nc4nc(NC)nc(N(CCO)CCO)n4)cc3S(=O)(=O)[O-])c(S(=O)(=O)[O-])c2)nc(N(CCO)CCO)n1.[K+].[Na+]. The van der Waals surface area contributed by atoms with Crippen LogP contribution in [0.5, 0.6) is 0 Å². The summed E-state index contributed by atoms with van der Waals surface area (Å²) in [5.74, 6) is 0.256. The molecule has 0 amide bonds. The van der Waals surface area contributed by atoms with Crippen molar-refractivity contribution in [2.75, 3.05) is 105 Å². The predicted octanol–water partition coefficient (Wildman–Crippen LogP) is -7.23. The van der Waals surface area contributed by atoms with Crippen molar-refractivity contribution in [3.63, 3.8) is 0 Å². The molecule has 2 aromatic heterocycles. The summed E-state index contributed by atoms with van der Waals surface area (Å²) >= 11 is 0. The molecule has 0 saturated heterocycles. The molecule has 23 nitrogen and oxygen atoms in total. The van der Waals surface area contributed by atoms with Crippen LogP contribution in [0.25, 0.3) is 12.2 Å². The number of hydrogen-bond acceptors (Lipinski definition) is 23. The zero-order valence-corrected chi connectivity index (χ0v) is 39.2. The zero-order chi connectivity index (χ0) is 41.5. The zero-order valence-electron chi connectivity index (χ0n) is 32.5. The first-order valence-electron chi connectivity index (χ1n) is 16.5. The van der Waals surface area contributed by atoms with Gasteiger partial charge in [0.05, 0.1) is 36.2 Å². The largest absolute Gasteiger partial charge is 1.00 e. The molecule has 2 aromatic carbocycles. The summed E-state index contributed by atoms with van der Waals surface area (Å²) in [4.78, 5) is 26.9. The minimum Gasteiger partial charge on any atom is -0.744 e. The summed E-state index contributed by atoms with van der Waals surface area (Å²) < 4.78 is 74.2. The van der Waals surface area contributed by atoms with Crippen LogP contribution >= 0.6 is 0 Å². The van der Waals surface area contributed by atoms with E-state index in [1.165, 1.54) is 41.1 Å². The fourth-order valence-corrected chi connectivity index (χ4v) is 6.22. The van der Waals surface area contributed by atoms with Gasteiger partial charge in [-0.2, -0.15) is 29.9 Å². The van der Waals surface area contributed by atoms with Crippen LogP contribution in [-0.4, -0.2) is 150 Å². The van der Waals surface area contributed by atoms with Crippen molar-refractivity contribution in [1.82, 2.24) is 29.9 Å². The first-order valence-corrected chi connectivity index (χ1v) is 19.3. The Bertz CT molecular complexity index is 2020. The molecular formula is C31H43KN13NaO10S2. The van der Waals surface area contributed by atoms with Crippen molar-refractivity contribution >= 4 is 79.5 Å². The Morgan fingerprint density at radius 2 is 0.914 bits per heavy atom. The molecule has 0 saturated carbocycles. The van der Waals surface area contributed by atoms with Gasteiger partial charge in [-0.25, -0.2) is 16.8 Å². The summed E-state index contributed by atoms with van der Waals surface area (Å²) in [5.41, 5.74) is 4.38. The number of nitrogens with one attached hydrogen (secondary N) is 4. The summed E-state index contributed by atoms with van der Waals surface area (Å²) in [7, 11) is -5.65. The van der Waals surface area contributed by atoms with Gasteiger partial charge >= 0.3 is 80.9 Å². The molecule has 0 spiro atoms. The summed E-state index contributed by atoms with van der Waals surface area (Å²) in [6.07, 6.45) is 2.31. The van der Waals surface area contributed by atoms with Crippen molar-refractivity contribution in [3.8, 4) is 0 Å². The molecule has 4 aromatic rings. The number of nitrogens with zero attached hydrogens (tertiary/aromatic N) is 8. The third-order valence-corrected chi connectivity index (χ3v) is 9.04. The Morgan fingerprint density at radius 1 is 0.603 bits per heavy atom. The maximum atomic E-state index is 12.4. The molecule has 2 heterocycles. The van der Waals surface area contributed by atoms with E-state index in [0.29, 0.717) is 0 Å². The number of rotatable bonds is 20. The molecule has 58 heavy (non-hydrogen) atoms. The van der Waals surface area contributed by atoms with Crippen LogP contribution in [0.3, 0.4) is 0 Å². The van der Waals surface area contributed by atoms with Crippen LogP contribution in [0, 0.1) is 0 Å². The molecule has 0 aliphatic rings. The number of aromatic nitrogens is 6. The van der Waals surface area contributed by atoms with E-state index in [0.717, 1.165) is 24.3 Å². The standard InChI is InChI=1S/C30H40N12O10S2.CH5N.K.Na/c1-31-25-35-27(39-29(37-25)41(9-13-43)10-14-44)33-21-7-5-19(23(17-21)53(47,48)49)3-4-20-6-8-22(18-24(20)54(50,51)52)34-28-36-26(32-2)38-30(40-28)42(11-15-45)12-16-46;1-2;;/h3-8,17-18,43-46H,9-16H2,1-2H3,(H,47,48,49)(H,50,51,52)(H2,31,33,35,37,39)(H2,32,34,36,38,40);2H2,1H3;;/q;;2*+1/p-2/b4-3+;;;. The van der Waals surface area contributed by atoms with Crippen molar-refractivity contribution < 1.29 is 127 Å². The predicted molar refractivity (Wildman–Crippen MR) is 206 cm³/mol. The van der Waals surface area contributed by atoms with Crippen LogP contribution in [0.1, 0.15) is 11.1 Å². The van der Waals surface area contributed by atoms with Crippen molar-refractivity contribution in [2.24, 2.45) is 5.73 Å². The van der Waals surface area contributed by atoms with E-state index in [9.17, 15) is 46.4 Å². The Hall–Kier alpha value is -2.74. The normalized spacial score (nSPS) is 11.1. The Balaban J connectivity index is 0.00000414. The third kappa shape index (κ3) is 15.7. The fraction of sp³-hybridized carbons (Fsp3) is 0.355. The van der Waals surface area contributed by atoms with Crippen LogP contribution in [0.15, 0.2) is 46.2 Å². The number of aliphatic hydroxyl groups is 4. The molecule has 27 heteroatoms. The molecule has 0 unspecified atom stereocenters. The second kappa shape index (κ2) is 25.8. The number of nitrogens with two attached hydrogens (primary N) is 1. The summed E-state index contributed by atoms with van der Waals surface area (Å²) in [6.45, 7) is -0.668. The van der Waals surface area contributed by atoms with Crippen LogP contribution in [0.2, 0.25) is 0 Å². The molecular weight excluding hydrogens is 841 g/mol. The first kappa shape index (κ1) is 53.3. The van der Waals surface area contributed by atoms with Gasteiger partial charge < -0.3 is 66.3 Å². The van der Waals surface area contributed by atoms with Crippen molar-refractivity contribution in [2.45, 2.75) is 9.79 Å². The number of benzene rings is 2. The van der Waals surface area contributed by atoms with Gasteiger partial charge in [0.1, 0.15) is 20.2 Å². The van der Waals surface area contributed by atoms with Gasteiger partial charge in [-0.15, -0.1) is 0 Å². The second-order valence-corrected chi connectivity index (χ2v) is 13.6. The molecule has 0 radical (unpaired) electrons. The van der Waals surface area contributed by atoms with E-state index in [2.05, 4.69) is 56.9 Å². The van der Waals surface area contributed by atoms with E-state index in [-0.39, 0.29) is 192 Å². The van der Waals surface area contributed by atoms with E-state index >= 15 is 0 Å². The minimum atomic E-state index is -5.12. The molecule has 0 atom stereocenters. The Morgan fingerprint density at radius 3 is 1.19 bits per heavy atom. The van der Waals surface area contributed by atoms with Crippen LogP contribution < -0.4 is 118 Å². The molecule has 4 rings (SSSR count). The van der Waals surface area contributed by atoms with Gasteiger partial charge in [0.25, 0.3) is 0 Å².